The molecular formula is C8H17N. The van der Waals surface area contributed by atoms with E-state index in [-0.39, 0.29) is 0 Å². The molecule has 0 aromatic rings. The van der Waals surface area contributed by atoms with Crippen LogP contribution in [0.15, 0.2) is 16.6 Å². The van der Waals surface area contributed by atoms with Crippen molar-refractivity contribution in [2.24, 2.45) is 4.99 Å². The highest BCUT2D eigenvalue weighted by Crippen LogP contribution is 1.82. The van der Waals surface area contributed by atoms with E-state index in [1.54, 1.807) is 7.05 Å². The Balaban J connectivity index is 0. The van der Waals surface area contributed by atoms with Gasteiger partial charge in [-0.05, 0) is 19.4 Å². The van der Waals surface area contributed by atoms with Crippen LogP contribution >= 0.6 is 0 Å². The van der Waals surface area contributed by atoms with Crippen molar-refractivity contribution >= 4 is 6.21 Å². The lowest BCUT2D eigenvalue weighted by Gasteiger charge is -1.80. The maximum absolute atomic E-state index is 3.81. The Bertz CT molecular complexity index is 90.7. The number of hydrogen-bond acceptors (Lipinski definition) is 1. The molecular weight excluding hydrogens is 110 g/mol. The minimum absolute atomic E-state index is 1.21. The van der Waals surface area contributed by atoms with Crippen molar-refractivity contribution in [3.8, 4) is 0 Å². The lowest BCUT2D eigenvalue weighted by Crippen LogP contribution is -1.72. The summed E-state index contributed by atoms with van der Waals surface area (Å²) in [6.07, 6.45) is 3.85. The van der Waals surface area contributed by atoms with E-state index >= 15 is 0 Å². The van der Waals surface area contributed by atoms with Gasteiger partial charge in [-0.25, -0.2) is 0 Å². The fourth-order valence-corrected chi connectivity index (χ4v) is 0.278. The highest BCUT2D eigenvalue weighted by atomic mass is 14.6. The largest absolute Gasteiger partial charge is 0.296 e. The first kappa shape index (κ1) is 11.2. The fraction of sp³-hybridized carbons (Fsp3) is 0.625. The Morgan fingerprint density at radius 1 is 1.33 bits per heavy atom. The Hall–Kier alpha value is -0.590. The molecule has 0 radical (unpaired) electrons. The topological polar surface area (TPSA) is 12.4 Å². The van der Waals surface area contributed by atoms with Gasteiger partial charge in [-0.1, -0.05) is 19.9 Å². The summed E-state index contributed by atoms with van der Waals surface area (Å²) < 4.78 is 0. The van der Waals surface area contributed by atoms with E-state index in [0.29, 0.717) is 0 Å². The van der Waals surface area contributed by atoms with Gasteiger partial charge in [0.1, 0.15) is 0 Å². The summed E-state index contributed by atoms with van der Waals surface area (Å²) in [7, 11) is 1.77. The van der Waals surface area contributed by atoms with Crippen LogP contribution in [0.1, 0.15) is 27.7 Å². The zero-order valence-corrected chi connectivity index (χ0v) is 7.10. The van der Waals surface area contributed by atoms with Gasteiger partial charge in [0.25, 0.3) is 0 Å². The van der Waals surface area contributed by atoms with Crippen molar-refractivity contribution in [2.75, 3.05) is 7.05 Å². The third kappa shape index (κ3) is 11.2. The van der Waals surface area contributed by atoms with Gasteiger partial charge in [-0.3, -0.25) is 4.99 Å². The first-order valence-corrected chi connectivity index (χ1v) is 3.36. The summed E-state index contributed by atoms with van der Waals surface area (Å²) in [6.45, 7) is 8.02. The average molecular weight is 127 g/mol. The molecule has 0 aliphatic carbocycles. The highest BCUT2D eigenvalue weighted by Gasteiger charge is 1.71. The Morgan fingerprint density at radius 2 is 1.78 bits per heavy atom. The van der Waals surface area contributed by atoms with Gasteiger partial charge < -0.3 is 0 Å². The van der Waals surface area contributed by atoms with Gasteiger partial charge in [0.15, 0.2) is 0 Å². The minimum atomic E-state index is 1.21. The molecule has 0 spiro atoms. The number of nitrogens with zero attached hydrogens (tertiary/aromatic N) is 1. The highest BCUT2D eigenvalue weighted by molar-refractivity contribution is 5.77. The van der Waals surface area contributed by atoms with Gasteiger partial charge >= 0.3 is 0 Å². The quantitative estimate of drug-likeness (QED) is 0.480. The second-order valence-electron chi connectivity index (χ2n) is 1.42. The van der Waals surface area contributed by atoms with Crippen LogP contribution in [-0.4, -0.2) is 13.3 Å². The third-order valence-corrected chi connectivity index (χ3v) is 0.788. The Labute approximate surface area is 58.5 Å². The monoisotopic (exact) mass is 127 g/mol. The van der Waals surface area contributed by atoms with Crippen LogP contribution in [-0.2, 0) is 0 Å². The first-order valence-electron chi connectivity index (χ1n) is 3.36. The van der Waals surface area contributed by atoms with Crippen LogP contribution in [0.2, 0.25) is 0 Å². The fourth-order valence-electron chi connectivity index (χ4n) is 0.278. The van der Waals surface area contributed by atoms with Crippen molar-refractivity contribution in [3.63, 3.8) is 0 Å². The maximum atomic E-state index is 3.81. The third-order valence-electron chi connectivity index (χ3n) is 0.788. The number of hydrogen-bond donors (Lipinski definition) is 0. The molecule has 0 atom stereocenters. The molecule has 54 valence electrons. The average Bonchev–Trinajstić information content (AvgIpc) is 1.93. The van der Waals surface area contributed by atoms with Crippen LogP contribution in [0.4, 0.5) is 0 Å². The number of aliphatic imine (C=N–C) groups is 1. The van der Waals surface area contributed by atoms with E-state index in [4.69, 9.17) is 0 Å². The molecule has 1 nitrogen and oxygen atoms in total. The second-order valence-corrected chi connectivity index (χ2v) is 1.42. The molecule has 0 aromatic heterocycles. The predicted molar refractivity (Wildman–Crippen MR) is 45.2 cm³/mol. The molecule has 0 unspecified atom stereocenters. The van der Waals surface area contributed by atoms with Crippen molar-refractivity contribution in [3.05, 3.63) is 11.6 Å². The second kappa shape index (κ2) is 10.4. The summed E-state index contributed by atoms with van der Waals surface area (Å²) >= 11 is 0. The zero-order chi connectivity index (χ0) is 7.70. The smallest absolute Gasteiger partial charge is 0.0277 e. The van der Waals surface area contributed by atoms with Crippen LogP contribution in [0.3, 0.4) is 0 Å². The number of allylic oxidation sites excluding steroid dienone is 2. The van der Waals surface area contributed by atoms with Gasteiger partial charge in [0.05, 0.1) is 0 Å². The zero-order valence-electron chi connectivity index (χ0n) is 7.10. The van der Waals surface area contributed by atoms with E-state index in [1.807, 2.05) is 40.0 Å². The molecule has 0 aliphatic heterocycles. The summed E-state index contributed by atoms with van der Waals surface area (Å²) in [4.78, 5) is 3.81. The molecule has 0 N–H and O–H groups in total. The standard InChI is InChI=1S/C6H11N.C2H6/c1-4-6(2)5-7-3;1-2/h4-5H,1-3H3;1-2H3/b6-4-,7-5?;. The van der Waals surface area contributed by atoms with Gasteiger partial charge in [0, 0.05) is 13.3 Å². The molecule has 0 aliphatic rings. The molecule has 0 bridgehead atoms. The lowest BCUT2D eigenvalue weighted by molar-refractivity contribution is 1.44. The van der Waals surface area contributed by atoms with Gasteiger partial charge in [-0.2, -0.15) is 0 Å². The summed E-state index contributed by atoms with van der Waals surface area (Å²) in [5.41, 5.74) is 1.21. The predicted octanol–water partition coefficient (Wildman–Crippen LogP) is 2.68. The normalized spacial score (nSPS) is 11.0. The molecule has 0 heterocycles. The van der Waals surface area contributed by atoms with Crippen LogP contribution in [0.25, 0.3) is 0 Å². The molecule has 9 heavy (non-hydrogen) atoms. The van der Waals surface area contributed by atoms with Gasteiger partial charge in [0.2, 0.25) is 0 Å². The molecule has 0 saturated carbocycles. The van der Waals surface area contributed by atoms with Crippen molar-refractivity contribution in [2.45, 2.75) is 27.7 Å². The van der Waals surface area contributed by atoms with Crippen molar-refractivity contribution < 1.29 is 0 Å². The molecule has 0 amide bonds. The van der Waals surface area contributed by atoms with E-state index < -0.39 is 0 Å². The van der Waals surface area contributed by atoms with E-state index in [1.165, 1.54) is 5.57 Å². The van der Waals surface area contributed by atoms with Gasteiger partial charge in [-0.15, -0.1) is 0 Å². The number of rotatable bonds is 1. The van der Waals surface area contributed by atoms with Crippen molar-refractivity contribution in [1.82, 2.24) is 0 Å². The molecule has 0 fully saturated rings. The Morgan fingerprint density at radius 3 is 1.89 bits per heavy atom. The van der Waals surface area contributed by atoms with E-state index in [0.717, 1.165) is 0 Å². The van der Waals surface area contributed by atoms with Crippen LogP contribution < -0.4 is 0 Å². The van der Waals surface area contributed by atoms with Crippen LogP contribution in [0, 0.1) is 0 Å². The maximum Gasteiger partial charge on any atom is 0.0277 e. The summed E-state index contributed by atoms with van der Waals surface area (Å²) in [6, 6.07) is 0. The minimum Gasteiger partial charge on any atom is -0.296 e. The van der Waals surface area contributed by atoms with Crippen molar-refractivity contribution in [1.29, 1.82) is 0 Å². The van der Waals surface area contributed by atoms with E-state index in [2.05, 4.69) is 4.99 Å². The molecule has 0 rings (SSSR count). The first-order chi connectivity index (χ1) is 4.31. The SMILES string of the molecule is C/C=C(/C)C=NC.CC. The molecule has 1 heteroatoms. The molecule has 0 saturated heterocycles. The van der Waals surface area contributed by atoms with E-state index in [9.17, 15) is 0 Å². The Kier molecular flexibility index (Phi) is 13.0. The molecule has 0 aromatic carbocycles. The van der Waals surface area contributed by atoms with Crippen LogP contribution in [0.5, 0.6) is 0 Å². The lowest BCUT2D eigenvalue weighted by atomic mass is 10.3. The summed E-state index contributed by atoms with van der Waals surface area (Å²) in [5, 5.41) is 0. The summed E-state index contributed by atoms with van der Waals surface area (Å²) in [5.74, 6) is 0.